The van der Waals surface area contributed by atoms with E-state index in [4.69, 9.17) is 9.84 Å². The third-order valence-corrected chi connectivity index (χ3v) is 3.57. The van der Waals surface area contributed by atoms with Crippen molar-refractivity contribution in [3.05, 3.63) is 0 Å². The highest BCUT2D eigenvalue weighted by Gasteiger charge is 2.58. The smallest absolute Gasteiger partial charge is 0.118 e. The summed E-state index contributed by atoms with van der Waals surface area (Å²) >= 11 is 0. The first-order valence-corrected chi connectivity index (χ1v) is 4.96. The summed E-state index contributed by atoms with van der Waals surface area (Å²) in [6.45, 7) is 4.78. The molecule has 1 unspecified atom stereocenters. The van der Waals surface area contributed by atoms with Crippen molar-refractivity contribution in [2.75, 3.05) is 6.61 Å². The second kappa shape index (κ2) is 2.71. The number of fused-ring (bicyclic) bond motifs is 1. The Kier molecular flexibility index (Phi) is 1.92. The van der Waals surface area contributed by atoms with Crippen molar-refractivity contribution in [1.29, 1.82) is 0 Å². The minimum absolute atomic E-state index is 0.0919. The van der Waals surface area contributed by atoms with E-state index in [1.165, 1.54) is 6.42 Å². The molecule has 1 saturated carbocycles. The first-order chi connectivity index (χ1) is 5.68. The van der Waals surface area contributed by atoms with Crippen LogP contribution in [0.4, 0.5) is 0 Å². The molecule has 2 fully saturated rings. The lowest BCUT2D eigenvalue weighted by molar-refractivity contribution is 0.154. The van der Waals surface area contributed by atoms with Crippen molar-refractivity contribution in [1.82, 2.24) is 0 Å². The van der Waals surface area contributed by atoms with Gasteiger partial charge in [0.2, 0.25) is 0 Å². The minimum atomic E-state index is -0.0919. The molecule has 1 saturated heterocycles. The third-order valence-electron chi connectivity index (χ3n) is 3.57. The lowest BCUT2D eigenvalue weighted by Gasteiger charge is -2.26. The molecule has 0 spiro atoms. The molecule has 12 heavy (non-hydrogen) atoms. The molecular formula is C10H18O2. The van der Waals surface area contributed by atoms with Gasteiger partial charge in [-0.15, -0.1) is 0 Å². The molecular weight excluding hydrogens is 152 g/mol. The minimum Gasteiger partial charge on any atom is -0.393 e. The summed E-state index contributed by atoms with van der Waals surface area (Å²) in [4.78, 5) is 0. The Hall–Kier alpha value is -0.0800. The standard InChI is InChI=1S/C10H18O2/c1-7(2)8-3-4-10(6-11)9(5-8)12-10/h7-9,11H,3-6H2,1-2H3/t8-,9?,10+/m1/s1. The topological polar surface area (TPSA) is 32.8 Å². The van der Waals surface area contributed by atoms with E-state index in [1.807, 2.05) is 0 Å². The Balaban J connectivity index is 1.92. The quantitative estimate of drug-likeness (QED) is 0.638. The Bertz CT molecular complexity index is 179. The normalized spacial score (nSPS) is 46.0. The van der Waals surface area contributed by atoms with Crippen LogP contribution in [0.25, 0.3) is 0 Å². The number of hydrogen-bond donors (Lipinski definition) is 1. The molecule has 2 heteroatoms. The number of hydrogen-bond acceptors (Lipinski definition) is 2. The van der Waals surface area contributed by atoms with Crippen molar-refractivity contribution >= 4 is 0 Å². The molecule has 2 aliphatic rings. The molecule has 0 aromatic heterocycles. The van der Waals surface area contributed by atoms with E-state index in [-0.39, 0.29) is 12.2 Å². The largest absolute Gasteiger partial charge is 0.393 e. The number of epoxide rings is 1. The Morgan fingerprint density at radius 1 is 1.58 bits per heavy atom. The highest BCUT2D eigenvalue weighted by molar-refractivity contribution is 5.06. The van der Waals surface area contributed by atoms with Crippen molar-refractivity contribution in [2.45, 2.75) is 44.8 Å². The average Bonchev–Trinajstić information content (AvgIpc) is 2.77. The number of aliphatic hydroxyl groups excluding tert-OH is 1. The van der Waals surface area contributed by atoms with Crippen molar-refractivity contribution in [3.8, 4) is 0 Å². The maximum Gasteiger partial charge on any atom is 0.118 e. The van der Waals surface area contributed by atoms with Gasteiger partial charge in [-0.3, -0.25) is 0 Å². The zero-order valence-corrected chi connectivity index (χ0v) is 7.92. The lowest BCUT2D eigenvalue weighted by atomic mass is 9.77. The molecule has 1 N–H and O–H groups in total. The van der Waals surface area contributed by atoms with Crippen LogP contribution in [0, 0.1) is 11.8 Å². The Labute approximate surface area is 73.9 Å². The van der Waals surface area contributed by atoms with Gasteiger partial charge in [-0.05, 0) is 31.1 Å². The molecule has 3 atom stereocenters. The fourth-order valence-electron chi connectivity index (χ4n) is 2.38. The maximum absolute atomic E-state index is 9.09. The number of aliphatic hydroxyl groups is 1. The van der Waals surface area contributed by atoms with Gasteiger partial charge in [-0.1, -0.05) is 13.8 Å². The first-order valence-electron chi connectivity index (χ1n) is 4.96. The van der Waals surface area contributed by atoms with Crippen LogP contribution in [0.15, 0.2) is 0 Å². The van der Waals surface area contributed by atoms with Crippen molar-refractivity contribution in [2.24, 2.45) is 11.8 Å². The van der Waals surface area contributed by atoms with Gasteiger partial charge in [0.25, 0.3) is 0 Å². The van der Waals surface area contributed by atoms with Crippen LogP contribution in [0.5, 0.6) is 0 Å². The van der Waals surface area contributed by atoms with E-state index in [0.29, 0.717) is 6.10 Å². The summed E-state index contributed by atoms with van der Waals surface area (Å²) in [5.74, 6) is 1.59. The van der Waals surface area contributed by atoms with Crippen LogP contribution in [-0.4, -0.2) is 23.4 Å². The van der Waals surface area contributed by atoms with Crippen LogP contribution in [0.3, 0.4) is 0 Å². The van der Waals surface area contributed by atoms with E-state index >= 15 is 0 Å². The summed E-state index contributed by atoms with van der Waals surface area (Å²) < 4.78 is 5.54. The predicted octanol–water partition coefficient (Wildman–Crippen LogP) is 1.57. The summed E-state index contributed by atoms with van der Waals surface area (Å²) in [7, 11) is 0. The summed E-state index contributed by atoms with van der Waals surface area (Å²) in [6, 6.07) is 0. The molecule has 0 aromatic rings. The maximum atomic E-state index is 9.09. The number of rotatable bonds is 2. The second-order valence-electron chi connectivity index (χ2n) is 4.61. The molecule has 0 amide bonds. The van der Waals surface area contributed by atoms with E-state index in [0.717, 1.165) is 24.7 Å². The molecule has 0 radical (unpaired) electrons. The van der Waals surface area contributed by atoms with Crippen LogP contribution in [0.1, 0.15) is 33.1 Å². The molecule has 2 nitrogen and oxygen atoms in total. The summed E-state index contributed by atoms with van der Waals surface area (Å²) in [6.07, 6.45) is 3.84. The van der Waals surface area contributed by atoms with E-state index in [1.54, 1.807) is 0 Å². The fourth-order valence-corrected chi connectivity index (χ4v) is 2.38. The van der Waals surface area contributed by atoms with Gasteiger partial charge in [-0.2, -0.15) is 0 Å². The van der Waals surface area contributed by atoms with Crippen LogP contribution < -0.4 is 0 Å². The van der Waals surface area contributed by atoms with E-state index < -0.39 is 0 Å². The van der Waals surface area contributed by atoms with Crippen LogP contribution in [0.2, 0.25) is 0 Å². The SMILES string of the molecule is CC(C)[C@@H]1CC[C@@]2(CO)OC2C1. The molecule has 1 heterocycles. The summed E-state index contributed by atoms with van der Waals surface area (Å²) in [5.41, 5.74) is -0.0919. The predicted molar refractivity (Wildman–Crippen MR) is 46.9 cm³/mol. The van der Waals surface area contributed by atoms with Gasteiger partial charge < -0.3 is 9.84 Å². The average molecular weight is 170 g/mol. The fraction of sp³-hybridized carbons (Fsp3) is 1.00. The third kappa shape index (κ3) is 1.17. The van der Waals surface area contributed by atoms with Crippen LogP contribution >= 0.6 is 0 Å². The van der Waals surface area contributed by atoms with Crippen LogP contribution in [-0.2, 0) is 4.74 Å². The van der Waals surface area contributed by atoms with E-state index in [2.05, 4.69) is 13.8 Å². The Morgan fingerprint density at radius 3 is 2.83 bits per heavy atom. The van der Waals surface area contributed by atoms with Crippen molar-refractivity contribution < 1.29 is 9.84 Å². The van der Waals surface area contributed by atoms with E-state index in [9.17, 15) is 0 Å². The molecule has 1 aliphatic heterocycles. The number of ether oxygens (including phenoxy) is 1. The second-order valence-corrected chi connectivity index (χ2v) is 4.61. The molecule has 0 aromatic carbocycles. The first kappa shape index (κ1) is 8.52. The van der Waals surface area contributed by atoms with Gasteiger partial charge in [0.1, 0.15) is 5.60 Å². The monoisotopic (exact) mass is 170 g/mol. The van der Waals surface area contributed by atoms with Crippen molar-refractivity contribution in [3.63, 3.8) is 0 Å². The molecule has 0 bridgehead atoms. The lowest BCUT2D eigenvalue weighted by Crippen LogP contribution is -2.29. The molecule has 2 rings (SSSR count). The zero-order chi connectivity index (χ0) is 8.77. The molecule has 70 valence electrons. The van der Waals surface area contributed by atoms with Gasteiger partial charge in [-0.25, -0.2) is 0 Å². The van der Waals surface area contributed by atoms with Gasteiger partial charge >= 0.3 is 0 Å². The Morgan fingerprint density at radius 2 is 2.33 bits per heavy atom. The highest BCUT2D eigenvalue weighted by Crippen LogP contribution is 2.50. The summed E-state index contributed by atoms with van der Waals surface area (Å²) in [5, 5.41) is 9.09. The van der Waals surface area contributed by atoms with Gasteiger partial charge in [0.05, 0.1) is 12.7 Å². The van der Waals surface area contributed by atoms with Gasteiger partial charge in [0.15, 0.2) is 0 Å². The molecule has 1 aliphatic carbocycles. The highest BCUT2D eigenvalue weighted by atomic mass is 16.6. The van der Waals surface area contributed by atoms with Gasteiger partial charge in [0, 0.05) is 0 Å². The zero-order valence-electron chi connectivity index (χ0n) is 7.92.